The van der Waals surface area contributed by atoms with Crippen molar-refractivity contribution in [2.45, 2.75) is 38.5 Å². The standard InChI is InChI=1S/C9H14/c1-2-5-8(4-1)9-6-3-7-9/h6,8H,1-5,7H2. The van der Waals surface area contributed by atoms with Crippen LogP contribution in [-0.4, -0.2) is 0 Å². The van der Waals surface area contributed by atoms with Crippen LogP contribution >= 0.6 is 0 Å². The predicted molar refractivity (Wildman–Crippen MR) is 39.3 cm³/mol. The highest BCUT2D eigenvalue weighted by atomic mass is 14.3. The van der Waals surface area contributed by atoms with E-state index in [9.17, 15) is 0 Å². The maximum atomic E-state index is 2.44. The molecule has 0 aromatic rings. The van der Waals surface area contributed by atoms with Gasteiger partial charge in [0, 0.05) is 0 Å². The van der Waals surface area contributed by atoms with Gasteiger partial charge in [-0.2, -0.15) is 0 Å². The first kappa shape index (κ1) is 5.52. The summed E-state index contributed by atoms with van der Waals surface area (Å²) in [4.78, 5) is 0. The summed E-state index contributed by atoms with van der Waals surface area (Å²) in [5.74, 6) is 1.03. The minimum atomic E-state index is 1.03. The number of hydrogen-bond acceptors (Lipinski definition) is 0. The molecule has 0 aromatic carbocycles. The Balaban J connectivity index is 1.96. The maximum absolute atomic E-state index is 2.44. The molecule has 2 rings (SSSR count). The van der Waals surface area contributed by atoms with Crippen LogP contribution in [0.5, 0.6) is 0 Å². The van der Waals surface area contributed by atoms with Crippen LogP contribution in [0.1, 0.15) is 38.5 Å². The highest BCUT2D eigenvalue weighted by molar-refractivity contribution is 5.16. The third kappa shape index (κ3) is 0.910. The lowest BCUT2D eigenvalue weighted by atomic mass is 9.86. The van der Waals surface area contributed by atoms with E-state index in [1.165, 1.54) is 38.5 Å². The monoisotopic (exact) mass is 122 g/mol. The second kappa shape index (κ2) is 2.17. The smallest absolute Gasteiger partial charge is 0.0203 e. The molecule has 1 saturated carbocycles. The van der Waals surface area contributed by atoms with E-state index in [2.05, 4.69) is 6.08 Å². The molecule has 0 atom stereocenters. The van der Waals surface area contributed by atoms with Gasteiger partial charge in [-0.25, -0.2) is 0 Å². The molecule has 0 aliphatic heterocycles. The highest BCUT2D eigenvalue weighted by Crippen LogP contribution is 2.37. The summed E-state index contributed by atoms with van der Waals surface area (Å²) >= 11 is 0. The molecule has 9 heavy (non-hydrogen) atoms. The normalized spacial score (nSPS) is 27.8. The molecular formula is C9H14. The lowest BCUT2D eigenvalue weighted by Crippen LogP contribution is -2.04. The highest BCUT2D eigenvalue weighted by Gasteiger charge is 2.21. The van der Waals surface area contributed by atoms with Crippen LogP contribution in [0.4, 0.5) is 0 Å². The summed E-state index contributed by atoms with van der Waals surface area (Å²) in [6.45, 7) is 0. The average molecular weight is 122 g/mol. The van der Waals surface area contributed by atoms with Crippen molar-refractivity contribution >= 4 is 0 Å². The topological polar surface area (TPSA) is 0 Å². The third-order valence-electron chi connectivity index (χ3n) is 2.72. The molecule has 0 saturated heterocycles. The van der Waals surface area contributed by atoms with Crippen molar-refractivity contribution in [3.63, 3.8) is 0 Å². The van der Waals surface area contributed by atoms with E-state index < -0.39 is 0 Å². The van der Waals surface area contributed by atoms with Crippen molar-refractivity contribution < 1.29 is 0 Å². The Hall–Kier alpha value is -0.260. The number of hydrogen-bond donors (Lipinski definition) is 0. The summed E-state index contributed by atoms with van der Waals surface area (Å²) in [6.07, 6.45) is 11.2. The van der Waals surface area contributed by atoms with Gasteiger partial charge in [-0.15, -0.1) is 0 Å². The van der Waals surface area contributed by atoms with Crippen molar-refractivity contribution in [2.75, 3.05) is 0 Å². The third-order valence-corrected chi connectivity index (χ3v) is 2.72. The first-order chi connectivity index (χ1) is 4.47. The molecule has 0 nitrogen and oxygen atoms in total. The zero-order valence-corrected chi connectivity index (χ0v) is 5.90. The van der Waals surface area contributed by atoms with E-state index in [-0.39, 0.29) is 0 Å². The number of allylic oxidation sites excluding steroid dienone is 2. The molecule has 50 valence electrons. The quantitative estimate of drug-likeness (QED) is 0.469. The van der Waals surface area contributed by atoms with Crippen molar-refractivity contribution in [3.8, 4) is 0 Å². The molecule has 0 aromatic heterocycles. The van der Waals surface area contributed by atoms with Crippen LogP contribution in [0.25, 0.3) is 0 Å². The molecule has 0 amide bonds. The summed E-state index contributed by atoms with van der Waals surface area (Å²) in [7, 11) is 0. The Kier molecular flexibility index (Phi) is 1.33. The average Bonchev–Trinajstić information content (AvgIpc) is 2.11. The van der Waals surface area contributed by atoms with Gasteiger partial charge in [0.05, 0.1) is 0 Å². The van der Waals surface area contributed by atoms with E-state index in [0.29, 0.717) is 0 Å². The van der Waals surface area contributed by atoms with Crippen LogP contribution < -0.4 is 0 Å². The van der Waals surface area contributed by atoms with Crippen molar-refractivity contribution in [3.05, 3.63) is 11.6 Å². The second-order valence-corrected chi connectivity index (χ2v) is 3.30. The SMILES string of the molecule is C1=C(C2CCCC2)CC1. The van der Waals surface area contributed by atoms with E-state index in [4.69, 9.17) is 0 Å². The van der Waals surface area contributed by atoms with E-state index in [0.717, 1.165) is 5.92 Å². The molecule has 0 bridgehead atoms. The van der Waals surface area contributed by atoms with Gasteiger partial charge in [0.15, 0.2) is 0 Å². The van der Waals surface area contributed by atoms with Gasteiger partial charge in [0.1, 0.15) is 0 Å². The van der Waals surface area contributed by atoms with Crippen molar-refractivity contribution in [1.29, 1.82) is 0 Å². The van der Waals surface area contributed by atoms with E-state index >= 15 is 0 Å². The summed E-state index contributed by atoms with van der Waals surface area (Å²) in [6, 6.07) is 0. The molecule has 2 aliphatic rings. The lowest BCUT2D eigenvalue weighted by Gasteiger charge is -2.20. The van der Waals surface area contributed by atoms with Crippen LogP contribution in [0, 0.1) is 5.92 Å². The molecule has 0 radical (unpaired) electrons. The van der Waals surface area contributed by atoms with Crippen molar-refractivity contribution in [1.82, 2.24) is 0 Å². The zero-order chi connectivity index (χ0) is 6.10. The summed E-state index contributed by atoms with van der Waals surface area (Å²) in [5.41, 5.74) is 1.78. The Morgan fingerprint density at radius 2 is 1.89 bits per heavy atom. The first-order valence-electron chi connectivity index (χ1n) is 4.16. The molecular weight excluding hydrogens is 108 g/mol. The van der Waals surface area contributed by atoms with Crippen molar-refractivity contribution in [2.24, 2.45) is 5.92 Å². The molecule has 1 fully saturated rings. The first-order valence-corrected chi connectivity index (χ1v) is 4.16. The van der Waals surface area contributed by atoms with Gasteiger partial charge in [-0.1, -0.05) is 24.5 Å². The lowest BCUT2D eigenvalue weighted by molar-refractivity contribution is 0.581. The second-order valence-electron chi connectivity index (χ2n) is 3.30. The Labute approximate surface area is 57.0 Å². The molecule has 2 aliphatic carbocycles. The number of rotatable bonds is 1. The van der Waals surface area contributed by atoms with Crippen LogP contribution in [0.2, 0.25) is 0 Å². The van der Waals surface area contributed by atoms with Crippen LogP contribution in [0.3, 0.4) is 0 Å². The summed E-state index contributed by atoms with van der Waals surface area (Å²) < 4.78 is 0. The molecule has 0 heterocycles. The maximum Gasteiger partial charge on any atom is -0.0203 e. The molecule has 0 spiro atoms. The summed E-state index contributed by atoms with van der Waals surface area (Å²) in [5, 5.41) is 0. The predicted octanol–water partition coefficient (Wildman–Crippen LogP) is 2.90. The van der Waals surface area contributed by atoms with E-state index in [1.54, 1.807) is 5.57 Å². The molecule has 0 N–H and O–H groups in total. The minimum absolute atomic E-state index is 1.03. The fraction of sp³-hybridized carbons (Fsp3) is 0.778. The fourth-order valence-electron chi connectivity index (χ4n) is 1.98. The van der Waals surface area contributed by atoms with Gasteiger partial charge in [0.2, 0.25) is 0 Å². The molecule has 0 unspecified atom stereocenters. The van der Waals surface area contributed by atoms with Gasteiger partial charge < -0.3 is 0 Å². The van der Waals surface area contributed by atoms with Gasteiger partial charge in [0.25, 0.3) is 0 Å². The zero-order valence-electron chi connectivity index (χ0n) is 5.90. The van der Waals surface area contributed by atoms with E-state index in [1.807, 2.05) is 0 Å². The Morgan fingerprint density at radius 3 is 2.33 bits per heavy atom. The van der Waals surface area contributed by atoms with Gasteiger partial charge in [-0.05, 0) is 31.6 Å². The Morgan fingerprint density at radius 1 is 1.22 bits per heavy atom. The fourth-order valence-corrected chi connectivity index (χ4v) is 1.98. The Bertz CT molecular complexity index is 127. The minimum Gasteiger partial charge on any atom is -0.0847 e. The van der Waals surface area contributed by atoms with Gasteiger partial charge >= 0.3 is 0 Å². The van der Waals surface area contributed by atoms with Crippen LogP contribution in [-0.2, 0) is 0 Å². The molecule has 0 heteroatoms. The van der Waals surface area contributed by atoms with Crippen LogP contribution in [0.15, 0.2) is 11.6 Å². The van der Waals surface area contributed by atoms with Gasteiger partial charge in [-0.3, -0.25) is 0 Å². The largest absolute Gasteiger partial charge is 0.0847 e.